The summed E-state index contributed by atoms with van der Waals surface area (Å²) in [5.74, 6) is 0. The summed E-state index contributed by atoms with van der Waals surface area (Å²) >= 11 is 0. The molecule has 2 rings (SSSR count). The number of aromatic nitrogens is 1. The van der Waals surface area contributed by atoms with Crippen molar-refractivity contribution in [3.05, 3.63) is 30.1 Å². The lowest BCUT2D eigenvalue weighted by atomic mass is 9.75. The van der Waals surface area contributed by atoms with E-state index in [1.165, 1.54) is 19.3 Å². The first-order valence-corrected chi connectivity index (χ1v) is 6.42. The first-order chi connectivity index (χ1) is 8.17. The van der Waals surface area contributed by atoms with E-state index in [0.29, 0.717) is 0 Å². The molecule has 1 aliphatic rings. The van der Waals surface area contributed by atoms with Crippen molar-refractivity contribution in [3.63, 3.8) is 0 Å². The Balaban J connectivity index is 2.27. The standard InChI is InChI=1S/C14H22N2O/c1-16(2)14(8-4-3-5-9-14)13(17)12-7-6-10-15-11-12/h6-7,10-11,13,17H,3-5,8-9H2,1-2H3. The van der Waals surface area contributed by atoms with Crippen molar-refractivity contribution >= 4 is 0 Å². The zero-order valence-corrected chi connectivity index (χ0v) is 10.8. The molecule has 0 radical (unpaired) electrons. The number of hydrogen-bond acceptors (Lipinski definition) is 3. The fourth-order valence-corrected chi connectivity index (χ4v) is 2.98. The second-order valence-corrected chi connectivity index (χ2v) is 5.25. The molecule has 3 nitrogen and oxygen atoms in total. The highest BCUT2D eigenvalue weighted by atomic mass is 16.3. The molecule has 0 aliphatic heterocycles. The Morgan fingerprint density at radius 1 is 1.29 bits per heavy atom. The molecule has 3 heteroatoms. The monoisotopic (exact) mass is 234 g/mol. The second-order valence-electron chi connectivity index (χ2n) is 5.25. The Labute approximate surface area is 103 Å². The molecule has 1 unspecified atom stereocenters. The minimum absolute atomic E-state index is 0.110. The van der Waals surface area contributed by atoms with Crippen LogP contribution >= 0.6 is 0 Å². The third-order valence-corrected chi connectivity index (χ3v) is 4.12. The first-order valence-electron chi connectivity index (χ1n) is 6.42. The summed E-state index contributed by atoms with van der Waals surface area (Å²) in [5, 5.41) is 10.7. The Morgan fingerprint density at radius 2 is 2.00 bits per heavy atom. The van der Waals surface area contributed by atoms with Crippen LogP contribution in [0.1, 0.15) is 43.8 Å². The highest BCUT2D eigenvalue weighted by Crippen LogP contribution is 2.41. The molecular weight excluding hydrogens is 212 g/mol. The van der Waals surface area contributed by atoms with Gasteiger partial charge in [-0.15, -0.1) is 0 Å². The molecule has 0 amide bonds. The minimum atomic E-state index is -0.438. The molecule has 17 heavy (non-hydrogen) atoms. The molecule has 1 fully saturated rings. The van der Waals surface area contributed by atoms with Crippen molar-refractivity contribution < 1.29 is 5.11 Å². The van der Waals surface area contributed by atoms with E-state index in [4.69, 9.17) is 0 Å². The van der Waals surface area contributed by atoms with Crippen LogP contribution in [-0.2, 0) is 0 Å². The number of likely N-dealkylation sites (N-methyl/N-ethyl adjacent to an activating group) is 1. The third-order valence-electron chi connectivity index (χ3n) is 4.12. The van der Waals surface area contributed by atoms with Crippen LogP contribution in [0.3, 0.4) is 0 Å². The molecule has 1 heterocycles. The fraction of sp³-hybridized carbons (Fsp3) is 0.643. The third kappa shape index (κ3) is 2.35. The highest BCUT2D eigenvalue weighted by molar-refractivity contribution is 5.18. The number of hydrogen-bond donors (Lipinski definition) is 1. The molecule has 1 aromatic heterocycles. The van der Waals surface area contributed by atoms with Crippen LogP contribution < -0.4 is 0 Å². The van der Waals surface area contributed by atoms with Crippen molar-refractivity contribution in [1.29, 1.82) is 0 Å². The van der Waals surface area contributed by atoms with E-state index >= 15 is 0 Å². The maximum atomic E-state index is 10.7. The highest BCUT2D eigenvalue weighted by Gasteiger charge is 2.41. The molecule has 1 saturated carbocycles. The molecular formula is C14H22N2O. The maximum Gasteiger partial charge on any atom is 0.0988 e. The lowest BCUT2D eigenvalue weighted by molar-refractivity contribution is -0.0337. The molecule has 1 aliphatic carbocycles. The molecule has 94 valence electrons. The van der Waals surface area contributed by atoms with E-state index in [0.717, 1.165) is 18.4 Å². The number of rotatable bonds is 3. The van der Waals surface area contributed by atoms with Crippen LogP contribution in [0, 0.1) is 0 Å². The van der Waals surface area contributed by atoms with Crippen LogP contribution in [0.4, 0.5) is 0 Å². The number of pyridine rings is 1. The predicted molar refractivity (Wildman–Crippen MR) is 68.7 cm³/mol. The molecule has 1 aromatic rings. The molecule has 0 saturated heterocycles. The number of nitrogens with zero attached hydrogens (tertiary/aromatic N) is 2. The van der Waals surface area contributed by atoms with Gasteiger partial charge in [0.05, 0.1) is 11.6 Å². The van der Waals surface area contributed by atoms with Gasteiger partial charge in [-0.3, -0.25) is 4.98 Å². The maximum absolute atomic E-state index is 10.7. The van der Waals surface area contributed by atoms with Gasteiger partial charge in [0.1, 0.15) is 0 Å². The summed E-state index contributed by atoms with van der Waals surface area (Å²) in [6.07, 6.45) is 8.92. The summed E-state index contributed by atoms with van der Waals surface area (Å²) < 4.78 is 0. The van der Waals surface area contributed by atoms with E-state index in [2.05, 4.69) is 24.0 Å². The quantitative estimate of drug-likeness (QED) is 0.872. The van der Waals surface area contributed by atoms with Crippen molar-refractivity contribution in [2.45, 2.75) is 43.7 Å². The zero-order chi connectivity index (χ0) is 12.3. The molecule has 1 N–H and O–H groups in total. The van der Waals surface area contributed by atoms with Crippen LogP contribution in [0.5, 0.6) is 0 Å². The average molecular weight is 234 g/mol. The lowest BCUT2D eigenvalue weighted by Gasteiger charge is -2.46. The van der Waals surface area contributed by atoms with Gasteiger partial charge in [-0.1, -0.05) is 25.3 Å². The first kappa shape index (κ1) is 12.5. The summed E-state index contributed by atoms with van der Waals surface area (Å²) in [7, 11) is 4.15. The van der Waals surface area contributed by atoms with Gasteiger partial charge in [0.15, 0.2) is 0 Å². The SMILES string of the molecule is CN(C)C1(C(O)c2cccnc2)CCCCC1. The number of aliphatic hydroxyl groups excluding tert-OH is 1. The van der Waals surface area contributed by atoms with Gasteiger partial charge in [0, 0.05) is 18.0 Å². The normalized spacial score (nSPS) is 21.4. The summed E-state index contributed by atoms with van der Waals surface area (Å²) in [6.45, 7) is 0. The van der Waals surface area contributed by atoms with Crippen molar-refractivity contribution in [2.75, 3.05) is 14.1 Å². The number of aliphatic hydroxyl groups is 1. The predicted octanol–water partition coefficient (Wildman–Crippen LogP) is 2.38. The largest absolute Gasteiger partial charge is 0.386 e. The van der Waals surface area contributed by atoms with Crippen molar-refractivity contribution in [2.24, 2.45) is 0 Å². The van der Waals surface area contributed by atoms with Crippen molar-refractivity contribution in [1.82, 2.24) is 9.88 Å². The summed E-state index contributed by atoms with van der Waals surface area (Å²) in [6, 6.07) is 3.86. The molecule has 0 aromatic carbocycles. The Bertz CT molecular complexity index is 344. The van der Waals surface area contributed by atoms with E-state index in [-0.39, 0.29) is 5.54 Å². The van der Waals surface area contributed by atoms with Gasteiger partial charge < -0.3 is 10.0 Å². The molecule has 0 spiro atoms. The van der Waals surface area contributed by atoms with Gasteiger partial charge in [0.25, 0.3) is 0 Å². The topological polar surface area (TPSA) is 36.4 Å². The Morgan fingerprint density at radius 3 is 2.53 bits per heavy atom. The van der Waals surface area contributed by atoms with E-state index in [1.54, 1.807) is 12.4 Å². The minimum Gasteiger partial charge on any atom is -0.386 e. The Kier molecular flexibility index (Phi) is 3.79. The fourth-order valence-electron chi connectivity index (χ4n) is 2.98. The van der Waals surface area contributed by atoms with Gasteiger partial charge in [-0.25, -0.2) is 0 Å². The smallest absolute Gasteiger partial charge is 0.0988 e. The van der Waals surface area contributed by atoms with Crippen molar-refractivity contribution in [3.8, 4) is 0 Å². The van der Waals surface area contributed by atoms with Crippen LogP contribution in [0.15, 0.2) is 24.5 Å². The van der Waals surface area contributed by atoms with E-state index < -0.39 is 6.10 Å². The summed E-state index contributed by atoms with van der Waals surface area (Å²) in [5.41, 5.74) is 0.824. The van der Waals surface area contributed by atoms with Gasteiger partial charge in [-0.2, -0.15) is 0 Å². The van der Waals surface area contributed by atoms with Gasteiger partial charge >= 0.3 is 0 Å². The molecule has 1 atom stereocenters. The Hall–Kier alpha value is -0.930. The van der Waals surface area contributed by atoms with E-state index in [1.807, 2.05) is 12.1 Å². The second kappa shape index (κ2) is 5.15. The lowest BCUT2D eigenvalue weighted by Crippen LogP contribution is -2.50. The van der Waals surface area contributed by atoms with E-state index in [9.17, 15) is 5.11 Å². The van der Waals surface area contributed by atoms with Crippen LogP contribution in [-0.4, -0.2) is 34.6 Å². The zero-order valence-electron chi connectivity index (χ0n) is 10.8. The van der Waals surface area contributed by atoms with Crippen LogP contribution in [0.2, 0.25) is 0 Å². The average Bonchev–Trinajstić information content (AvgIpc) is 2.39. The molecule has 0 bridgehead atoms. The van der Waals surface area contributed by atoms with Gasteiger partial charge in [0.2, 0.25) is 0 Å². The summed E-state index contributed by atoms with van der Waals surface area (Å²) in [4.78, 5) is 6.31. The van der Waals surface area contributed by atoms with Gasteiger partial charge in [-0.05, 0) is 33.0 Å². The van der Waals surface area contributed by atoms with Crippen LogP contribution in [0.25, 0.3) is 0 Å².